The topological polar surface area (TPSA) is 58.6 Å². The fourth-order valence-corrected chi connectivity index (χ4v) is 4.10. The van der Waals surface area contributed by atoms with Gasteiger partial charge in [-0.25, -0.2) is 0 Å². The normalized spacial score (nSPS) is 13.8. The van der Waals surface area contributed by atoms with Gasteiger partial charge in [-0.05, 0) is 36.2 Å². The lowest BCUT2D eigenvalue weighted by molar-refractivity contribution is -0.130. The average Bonchev–Trinajstić information content (AvgIpc) is 2.74. The van der Waals surface area contributed by atoms with E-state index in [0.29, 0.717) is 36.6 Å². The van der Waals surface area contributed by atoms with Crippen molar-refractivity contribution in [2.24, 2.45) is 0 Å². The highest BCUT2D eigenvalue weighted by Gasteiger charge is 2.16. The largest absolute Gasteiger partial charge is 0.492 e. The summed E-state index contributed by atoms with van der Waals surface area (Å²) < 4.78 is 5.59. The van der Waals surface area contributed by atoms with E-state index in [-0.39, 0.29) is 11.8 Å². The predicted molar refractivity (Wildman–Crippen MR) is 119 cm³/mol. The highest BCUT2D eigenvalue weighted by molar-refractivity contribution is 7.99. The van der Waals surface area contributed by atoms with Crippen molar-refractivity contribution in [2.75, 3.05) is 36.5 Å². The number of rotatable bonds is 8. The van der Waals surface area contributed by atoms with Gasteiger partial charge in [0.15, 0.2) is 0 Å². The van der Waals surface area contributed by atoms with Crippen molar-refractivity contribution in [3.8, 4) is 5.75 Å². The minimum atomic E-state index is -0.0672. The van der Waals surface area contributed by atoms with Crippen LogP contribution in [0.5, 0.6) is 5.75 Å². The first-order valence-corrected chi connectivity index (χ1v) is 11.3. The molecule has 0 spiro atoms. The Hall–Kier alpha value is -2.18. The van der Waals surface area contributed by atoms with Gasteiger partial charge >= 0.3 is 0 Å². The number of carbonyl (C=O) groups excluding carboxylic acids is 2. The molecule has 1 N–H and O–H groups in total. The van der Waals surface area contributed by atoms with Crippen molar-refractivity contribution in [1.82, 2.24) is 4.90 Å². The van der Waals surface area contributed by atoms with E-state index in [1.807, 2.05) is 53.1 Å². The lowest BCUT2D eigenvalue weighted by atomic mass is 10.1. The number of anilines is 1. The quantitative estimate of drug-likeness (QED) is 0.633. The number of hydrogen-bond donors (Lipinski definition) is 1. The maximum atomic E-state index is 12.3. The van der Waals surface area contributed by atoms with Crippen molar-refractivity contribution in [1.29, 1.82) is 0 Å². The molecule has 1 aliphatic heterocycles. The zero-order valence-corrected chi connectivity index (χ0v) is 17.8. The average molecular weight is 433 g/mol. The van der Waals surface area contributed by atoms with Crippen molar-refractivity contribution < 1.29 is 14.3 Å². The number of hydrogen-bond acceptors (Lipinski definition) is 4. The Bertz CT molecular complexity index is 823. The fraction of sp³-hybridized carbons (Fsp3) is 0.364. The molecule has 1 fully saturated rings. The van der Waals surface area contributed by atoms with E-state index in [1.54, 1.807) is 12.1 Å². The maximum absolute atomic E-state index is 12.3. The van der Waals surface area contributed by atoms with Crippen LogP contribution in [0.25, 0.3) is 0 Å². The number of nitrogens with zero attached hydrogens (tertiary/aromatic N) is 1. The minimum Gasteiger partial charge on any atom is -0.492 e. The molecule has 2 amide bonds. The predicted octanol–water partition coefficient (Wildman–Crippen LogP) is 4.26. The Kier molecular flexibility index (Phi) is 8.25. The zero-order valence-electron chi connectivity index (χ0n) is 16.2. The summed E-state index contributed by atoms with van der Waals surface area (Å²) in [7, 11) is 0. The lowest BCUT2D eigenvalue weighted by Crippen LogP contribution is -2.38. The molecule has 0 aliphatic carbocycles. The van der Waals surface area contributed by atoms with E-state index in [4.69, 9.17) is 16.3 Å². The van der Waals surface area contributed by atoms with E-state index < -0.39 is 0 Å². The molecule has 2 aromatic carbocycles. The number of thioether (sulfide) groups is 1. The first-order valence-electron chi connectivity index (χ1n) is 9.73. The van der Waals surface area contributed by atoms with Gasteiger partial charge in [0.05, 0.1) is 18.1 Å². The number of carbonyl (C=O) groups is 2. The van der Waals surface area contributed by atoms with Crippen molar-refractivity contribution in [3.05, 3.63) is 59.1 Å². The van der Waals surface area contributed by atoms with Crippen molar-refractivity contribution >= 4 is 40.9 Å². The van der Waals surface area contributed by atoms with E-state index in [9.17, 15) is 9.59 Å². The molecule has 7 heteroatoms. The van der Waals surface area contributed by atoms with Gasteiger partial charge in [0.2, 0.25) is 11.8 Å². The van der Waals surface area contributed by atoms with Crippen LogP contribution in [0, 0.1) is 0 Å². The lowest BCUT2D eigenvalue weighted by Gasteiger charge is -2.26. The van der Waals surface area contributed by atoms with Gasteiger partial charge in [-0.2, -0.15) is 11.8 Å². The Morgan fingerprint density at radius 3 is 2.52 bits per heavy atom. The number of nitrogens with one attached hydrogen (secondary N) is 1. The van der Waals surface area contributed by atoms with Crippen LogP contribution in [-0.4, -0.2) is 47.9 Å². The smallest absolute Gasteiger partial charge is 0.227 e. The molecule has 0 bridgehead atoms. The van der Waals surface area contributed by atoms with E-state index in [2.05, 4.69) is 5.32 Å². The molecule has 0 aromatic heterocycles. The van der Waals surface area contributed by atoms with Gasteiger partial charge in [-0.3, -0.25) is 9.59 Å². The molecule has 1 saturated heterocycles. The van der Waals surface area contributed by atoms with Gasteiger partial charge in [0, 0.05) is 36.7 Å². The van der Waals surface area contributed by atoms with Crippen LogP contribution in [-0.2, 0) is 16.0 Å². The Morgan fingerprint density at radius 1 is 1.07 bits per heavy atom. The first-order chi connectivity index (χ1) is 14.1. The summed E-state index contributed by atoms with van der Waals surface area (Å²) in [6.45, 7) is 2.09. The van der Waals surface area contributed by atoms with E-state index >= 15 is 0 Å². The van der Waals surface area contributed by atoms with Crippen LogP contribution in [0.1, 0.15) is 18.4 Å². The number of ether oxygens (including phenoxy) is 1. The van der Waals surface area contributed by atoms with Gasteiger partial charge in [-0.15, -0.1) is 0 Å². The summed E-state index contributed by atoms with van der Waals surface area (Å²) in [6, 6.07) is 14.7. The maximum Gasteiger partial charge on any atom is 0.227 e. The van der Waals surface area contributed by atoms with Crippen LogP contribution in [0.4, 0.5) is 5.69 Å². The molecular formula is C22H25ClN2O3S. The van der Waals surface area contributed by atoms with Crippen molar-refractivity contribution in [3.63, 3.8) is 0 Å². The summed E-state index contributed by atoms with van der Waals surface area (Å²) >= 11 is 7.92. The number of halogens is 1. The zero-order chi connectivity index (χ0) is 20.5. The minimum absolute atomic E-state index is 0.0672. The second-order valence-electron chi connectivity index (χ2n) is 6.80. The second kappa shape index (κ2) is 11.1. The van der Waals surface area contributed by atoms with Crippen LogP contribution < -0.4 is 10.1 Å². The molecule has 29 heavy (non-hydrogen) atoms. The van der Waals surface area contributed by atoms with Crippen LogP contribution >= 0.6 is 23.4 Å². The second-order valence-corrected chi connectivity index (χ2v) is 8.43. The Labute approximate surface area is 180 Å². The molecule has 0 saturated carbocycles. The van der Waals surface area contributed by atoms with E-state index in [0.717, 1.165) is 35.8 Å². The molecule has 5 nitrogen and oxygen atoms in total. The highest BCUT2D eigenvalue weighted by atomic mass is 35.5. The summed E-state index contributed by atoms with van der Waals surface area (Å²) in [6.07, 6.45) is 1.35. The fourth-order valence-electron chi connectivity index (χ4n) is 3.01. The van der Waals surface area contributed by atoms with Gasteiger partial charge in [0.25, 0.3) is 0 Å². The monoisotopic (exact) mass is 432 g/mol. The third kappa shape index (κ3) is 6.98. The standard InChI is InChI=1S/C22H25ClN2O3S/c23-19-4-1-2-5-20(19)28-13-3-6-21(26)24-18-9-7-17(8-10-18)16-22(27)25-11-14-29-15-12-25/h1-2,4-5,7-10H,3,6,11-16H2,(H,24,26). The summed E-state index contributed by atoms with van der Waals surface area (Å²) in [5.74, 6) is 2.76. The third-order valence-electron chi connectivity index (χ3n) is 4.60. The van der Waals surface area contributed by atoms with E-state index in [1.165, 1.54) is 0 Å². The number of benzene rings is 2. The first kappa shape index (κ1) is 21.5. The Balaban J connectivity index is 1.38. The van der Waals surface area contributed by atoms with Gasteiger partial charge < -0.3 is 15.0 Å². The molecule has 1 heterocycles. The molecule has 0 atom stereocenters. The molecule has 154 valence electrons. The SMILES string of the molecule is O=C(CCCOc1ccccc1Cl)Nc1ccc(CC(=O)N2CCSCC2)cc1. The Morgan fingerprint density at radius 2 is 1.79 bits per heavy atom. The molecule has 2 aromatic rings. The molecule has 0 radical (unpaired) electrons. The van der Waals surface area contributed by atoms with Crippen LogP contribution in [0.3, 0.4) is 0 Å². The number of para-hydroxylation sites is 1. The molecule has 1 aliphatic rings. The molecule has 0 unspecified atom stereocenters. The highest BCUT2D eigenvalue weighted by Crippen LogP contribution is 2.23. The summed E-state index contributed by atoms with van der Waals surface area (Å²) in [5.41, 5.74) is 1.69. The summed E-state index contributed by atoms with van der Waals surface area (Å²) in [4.78, 5) is 26.4. The van der Waals surface area contributed by atoms with Gasteiger partial charge in [-0.1, -0.05) is 35.9 Å². The third-order valence-corrected chi connectivity index (χ3v) is 5.85. The van der Waals surface area contributed by atoms with Gasteiger partial charge in [0.1, 0.15) is 5.75 Å². The van der Waals surface area contributed by atoms with Crippen LogP contribution in [0.15, 0.2) is 48.5 Å². The molecule has 3 rings (SSSR count). The van der Waals surface area contributed by atoms with Crippen molar-refractivity contribution in [2.45, 2.75) is 19.3 Å². The summed E-state index contributed by atoms with van der Waals surface area (Å²) in [5, 5.41) is 3.44. The number of amides is 2. The molecular weight excluding hydrogens is 408 g/mol. The van der Waals surface area contributed by atoms with Crippen LogP contribution in [0.2, 0.25) is 5.02 Å².